The molecule has 1 atom stereocenters. The van der Waals surface area contributed by atoms with E-state index in [1.165, 1.54) is 16.2 Å². The van der Waals surface area contributed by atoms with E-state index in [9.17, 15) is 9.59 Å². The SMILES string of the molecule is Cc1cccn2c(=O)c(/C=C3/SC(=S)N(C[C@@H]4CCCO4)C3=O)c(N3CCOCC3)nc12. The number of thioether (sulfide) groups is 1. The van der Waals surface area contributed by atoms with Gasteiger partial charge in [0, 0.05) is 25.9 Å². The number of fused-ring (bicyclic) bond motifs is 1. The van der Waals surface area contributed by atoms with E-state index in [2.05, 4.69) is 4.90 Å². The van der Waals surface area contributed by atoms with Crippen LogP contribution in [0.4, 0.5) is 5.82 Å². The number of nitrogens with zero attached hydrogens (tertiary/aromatic N) is 4. The first-order valence-electron chi connectivity index (χ1n) is 10.7. The number of pyridine rings is 1. The maximum atomic E-state index is 13.5. The number of thiocarbonyl (C=S) groups is 1. The Morgan fingerprint density at radius 1 is 1.28 bits per heavy atom. The minimum absolute atomic E-state index is 0.0108. The van der Waals surface area contributed by atoms with Crippen LogP contribution in [-0.2, 0) is 14.3 Å². The molecule has 5 rings (SSSR count). The quantitative estimate of drug-likeness (QED) is 0.495. The lowest BCUT2D eigenvalue weighted by Gasteiger charge is -2.29. The van der Waals surface area contributed by atoms with Crippen LogP contribution in [0.1, 0.15) is 24.0 Å². The Morgan fingerprint density at radius 2 is 2.09 bits per heavy atom. The second-order valence-corrected chi connectivity index (χ2v) is 9.74. The summed E-state index contributed by atoms with van der Waals surface area (Å²) in [5, 5.41) is 0. The van der Waals surface area contributed by atoms with Crippen LogP contribution >= 0.6 is 24.0 Å². The van der Waals surface area contributed by atoms with E-state index in [-0.39, 0.29) is 17.6 Å². The molecule has 32 heavy (non-hydrogen) atoms. The zero-order valence-electron chi connectivity index (χ0n) is 17.8. The standard InChI is InChI=1S/C22H24N4O4S2/c1-14-4-2-6-25-18(14)23-19(24-7-10-29-11-8-24)16(20(25)27)12-17-21(28)26(22(31)32-17)13-15-5-3-9-30-15/h2,4,6,12,15H,3,5,7-11,13H2,1H3/b17-12+/t15-/m0/s1. The van der Waals surface area contributed by atoms with Crippen molar-refractivity contribution < 1.29 is 14.3 Å². The van der Waals surface area contributed by atoms with Crippen LogP contribution < -0.4 is 10.5 Å². The smallest absolute Gasteiger partial charge is 0.267 e. The number of morpholine rings is 1. The van der Waals surface area contributed by atoms with Gasteiger partial charge in [-0.2, -0.15) is 0 Å². The zero-order chi connectivity index (χ0) is 22.2. The first-order chi connectivity index (χ1) is 15.5. The summed E-state index contributed by atoms with van der Waals surface area (Å²) in [6.45, 7) is 5.50. The number of hydrogen-bond acceptors (Lipinski definition) is 8. The number of anilines is 1. The summed E-state index contributed by atoms with van der Waals surface area (Å²) in [4.78, 5) is 35.6. The van der Waals surface area contributed by atoms with E-state index in [0.717, 1.165) is 25.0 Å². The normalized spacial score (nSPS) is 23.2. The molecule has 0 aromatic carbocycles. The molecule has 3 saturated heterocycles. The van der Waals surface area contributed by atoms with Gasteiger partial charge in [-0.1, -0.05) is 30.0 Å². The van der Waals surface area contributed by atoms with Crippen molar-refractivity contribution in [1.82, 2.24) is 14.3 Å². The number of rotatable bonds is 4. The monoisotopic (exact) mass is 472 g/mol. The molecule has 2 aromatic rings. The predicted molar refractivity (Wildman–Crippen MR) is 128 cm³/mol. The molecule has 3 aliphatic rings. The van der Waals surface area contributed by atoms with E-state index in [4.69, 9.17) is 26.7 Å². The molecule has 5 heterocycles. The highest BCUT2D eigenvalue weighted by Gasteiger charge is 2.35. The van der Waals surface area contributed by atoms with Crippen molar-refractivity contribution in [2.75, 3.05) is 44.4 Å². The number of carbonyl (C=O) groups excluding carboxylic acids is 1. The number of aryl methyl sites for hydroxylation is 1. The highest BCUT2D eigenvalue weighted by atomic mass is 32.2. The molecule has 2 aromatic heterocycles. The molecule has 0 aliphatic carbocycles. The van der Waals surface area contributed by atoms with Crippen LogP contribution in [0.25, 0.3) is 11.7 Å². The lowest BCUT2D eigenvalue weighted by Crippen LogP contribution is -2.39. The van der Waals surface area contributed by atoms with Gasteiger partial charge < -0.3 is 14.4 Å². The van der Waals surface area contributed by atoms with Gasteiger partial charge in [-0.05, 0) is 37.5 Å². The molecule has 0 unspecified atom stereocenters. The average molecular weight is 473 g/mol. The number of aromatic nitrogens is 2. The number of hydrogen-bond donors (Lipinski definition) is 0. The summed E-state index contributed by atoms with van der Waals surface area (Å²) in [5.41, 5.74) is 1.72. The second kappa shape index (κ2) is 8.93. The molecule has 168 valence electrons. The van der Waals surface area contributed by atoms with Gasteiger partial charge in [0.05, 0.1) is 36.3 Å². The van der Waals surface area contributed by atoms with Crippen LogP contribution in [0.5, 0.6) is 0 Å². The Balaban J connectivity index is 1.57. The lowest BCUT2D eigenvalue weighted by atomic mass is 10.2. The molecule has 10 heteroatoms. The van der Waals surface area contributed by atoms with Crippen LogP contribution in [0.3, 0.4) is 0 Å². The third-order valence-electron chi connectivity index (χ3n) is 5.93. The van der Waals surface area contributed by atoms with Crippen LogP contribution in [0, 0.1) is 6.92 Å². The topological polar surface area (TPSA) is 76.4 Å². The first kappa shape index (κ1) is 21.6. The second-order valence-electron chi connectivity index (χ2n) is 8.07. The Morgan fingerprint density at radius 3 is 2.84 bits per heavy atom. The maximum absolute atomic E-state index is 13.5. The summed E-state index contributed by atoms with van der Waals surface area (Å²) in [6, 6.07) is 3.76. The highest BCUT2D eigenvalue weighted by molar-refractivity contribution is 8.26. The number of carbonyl (C=O) groups is 1. The molecular weight excluding hydrogens is 448 g/mol. The first-order valence-corrected chi connectivity index (χ1v) is 12.0. The Kier molecular flexibility index (Phi) is 6.02. The van der Waals surface area contributed by atoms with Gasteiger partial charge >= 0.3 is 0 Å². The summed E-state index contributed by atoms with van der Waals surface area (Å²) in [6.07, 6.45) is 5.30. The Bertz CT molecular complexity index is 1170. The lowest BCUT2D eigenvalue weighted by molar-refractivity contribution is -0.123. The van der Waals surface area contributed by atoms with Crippen molar-refractivity contribution in [3.63, 3.8) is 0 Å². The molecule has 0 N–H and O–H groups in total. The molecule has 0 spiro atoms. The molecule has 3 aliphatic heterocycles. The summed E-state index contributed by atoms with van der Waals surface area (Å²) >= 11 is 6.70. The summed E-state index contributed by atoms with van der Waals surface area (Å²) in [5.74, 6) is 0.397. The minimum Gasteiger partial charge on any atom is -0.378 e. The third kappa shape index (κ3) is 3.96. The maximum Gasteiger partial charge on any atom is 0.267 e. The third-order valence-corrected chi connectivity index (χ3v) is 7.31. The molecule has 0 saturated carbocycles. The molecule has 8 nitrogen and oxygen atoms in total. The van der Waals surface area contributed by atoms with Gasteiger partial charge in [0.1, 0.15) is 15.8 Å². The van der Waals surface area contributed by atoms with Crippen molar-refractivity contribution in [2.24, 2.45) is 0 Å². The molecule has 0 radical (unpaired) electrons. The van der Waals surface area contributed by atoms with Crippen LogP contribution in [0.2, 0.25) is 0 Å². The Hall–Kier alpha value is -2.27. The molecule has 3 fully saturated rings. The minimum atomic E-state index is -0.204. The van der Waals surface area contributed by atoms with Crippen molar-refractivity contribution in [3.05, 3.63) is 44.7 Å². The largest absolute Gasteiger partial charge is 0.378 e. The Labute approximate surface area is 195 Å². The van der Waals surface area contributed by atoms with E-state index in [0.29, 0.717) is 59.1 Å². The van der Waals surface area contributed by atoms with Crippen molar-refractivity contribution in [3.8, 4) is 0 Å². The van der Waals surface area contributed by atoms with Gasteiger partial charge in [0.15, 0.2) is 0 Å². The van der Waals surface area contributed by atoms with Gasteiger partial charge in [0.25, 0.3) is 11.5 Å². The van der Waals surface area contributed by atoms with Gasteiger partial charge in [-0.3, -0.25) is 18.9 Å². The highest BCUT2D eigenvalue weighted by Crippen LogP contribution is 2.34. The van der Waals surface area contributed by atoms with Crippen molar-refractivity contribution in [1.29, 1.82) is 0 Å². The molecular formula is C22H24N4O4S2. The molecule has 1 amide bonds. The number of amides is 1. The number of ether oxygens (including phenoxy) is 2. The fourth-order valence-electron chi connectivity index (χ4n) is 4.22. The van der Waals surface area contributed by atoms with E-state index < -0.39 is 0 Å². The fraction of sp³-hybridized carbons (Fsp3) is 0.455. The van der Waals surface area contributed by atoms with Gasteiger partial charge in [-0.25, -0.2) is 4.98 Å². The van der Waals surface area contributed by atoms with Gasteiger partial charge in [-0.15, -0.1) is 0 Å². The van der Waals surface area contributed by atoms with E-state index >= 15 is 0 Å². The van der Waals surface area contributed by atoms with Crippen molar-refractivity contribution >= 4 is 51.7 Å². The van der Waals surface area contributed by atoms with Gasteiger partial charge in [0.2, 0.25) is 0 Å². The summed E-state index contributed by atoms with van der Waals surface area (Å²) < 4.78 is 13.2. The zero-order valence-corrected chi connectivity index (χ0v) is 19.4. The van der Waals surface area contributed by atoms with Crippen LogP contribution in [0.15, 0.2) is 28.0 Å². The molecule has 0 bridgehead atoms. The average Bonchev–Trinajstić information content (AvgIpc) is 3.41. The fourth-order valence-corrected chi connectivity index (χ4v) is 5.48. The van der Waals surface area contributed by atoms with Crippen molar-refractivity contribution in [2.45, 2.75) is 25.9 Å². The predicted octanol–water partition coefficient (Wildman–Crippen LogP) is 2.22. The summed E-state index contributed by atoms with van der Waals surface area (Å²) in [7, 11) is 0. The van der Waals surface area contributed by atoms with E-state index in [1.54, 1.807) is 17.2 Å². The van der Waals surface area contributed by atoms with E-state index in [1.807, 2.05) is 19.1 Å². The van der Waals surface area contributed by atoms with Crippen LogP contribution in [-0.4, -0.2) is 70.1 Å².